The Morgan fingerprint density at radius 2 is 0.970 bits per heavy atom. The van der Waals surface area contributed by atoms with Gasteiger partial charge in [0.1, 0.15) is 0 Å². The van der Waals surface area contributed by atoms with E-state index in [-0.39, 0.29) is 37.1 Å². The molecule has 2 amide bonds. The number of nitrogens with zero attached hydrogens (tertiary/aromatic N) is 2. The molecular formula is C52H60N10O4S. The van der Waals surface area contributed by atoms with Crippen LogP contribution in [-0.2, 0) is 32.0 Å². The Balaban J connectivity index is 1.22. The molecular weight excluding hydrogens is 861 g/mol. The van der Waals surface area contributed by atoms with Crippen LogP contribution in [0.25, 0.3) is 21.8 Å². The van der Waals surface area contributed by atoms with Gasteiger partial charge in [-0.2, -0.15) is 0 Å². The zero-order valence-corrected chi connectivity index (χ0v) is 38.7. The monoisotopic (exact) mass is 920 g/mol. The van der Waals surface area contributed by atoms with Gasteiger partial charge in [-0.25, -0.2) is 0 Å². The summed E-state index contributed by atoms with van der Waals surface area (Å²) in [6, 6.07) is 28.3. The summed E-state index contributed by atoms with van der Waals surface area (Å²) in [6.45, 7) is 3.98. The second kappa shape index (κ2) is 19.6. The number of amides is 2. The lowest BCUT2D eigenvalue weighted by molar-refractivity contribution is -0.125. The van der Waals surface area contributed by atoms with Crippen molar-refractivity contribution >= 4 is 68.3 Å². The van der Waals surface area contributed by atoms with Crippen LogP contribution in [0, 0.1) is 0 Å². The Bertz CT molecular complexity index is 2700. The average Bonchev–Trinajstić information content (AvgIpc) is 3.95. The lowest BCUT2D eigenvalue weighted by Gasteiger charge is -2.40. The van der Waals surface area contributed by atoms with Crippen molar-refractivity contribution in [3.05, 3.63) is 155 Å². The Morgan fingerprint density at radius 3 is 1.37 bits per heavy atom. The van der Waals surface area contributed by atoms with E-state index in [9.17, 15) is 19.2 Å². The van der Waals surface area contributed by atoms with E-state index in [0.29, 0.717) is 37.3 Å². The largest absolute Gasteiger partial charge is 0.361 e. The SMILES string of the molecule is C[C@](N)(CCCN)C(=O)N1C(C(=O)[C@@H](N)Cc2c[nH]c3ccccc23)=CC(SC2C=C(C(=O)[C@@H](N)Cc3c[nH]c4ccccc34)N(C(=O)[C@@](C)(N)CCCN)c3ccccc32)c2ccccc21. The minimum absolute atomic E-state index is 0.0960. The topological polar surface area (TPSA) is 262 Å². The molecule has 348 valence electrons. The van der Waals surface area contributed by atoms with Gasteiger partial charge in [0.25, 0.3) is 11.8 Å². The van der Waals surface area contributed by atoms with E-state index in [1.54, 1.807) is 38.1 Å². The van der Waals surface area contributed by atoms with Gasteiger partial charge in [0, 0.05) is 34.2 Å². The van der Waals surface area contributed by atoms with Crippen molar-refractivity contribution in [2.45, 2.75) is 86.0 Å². The van der Waals surface area contributed by atoms with Crippen molar-refractivity contribution < 1.29 is 19.2 Å². The van der Waals surface area contributed by atoms with Gasteiger partial charge >= 0.3 is 0 Å². The van der Waals surface area contributed by atoms with Crippen LogP contribution in [0.1, 0.15) is 72.3 Å². The predicted molar refractivity (Wildman–Crippen MR) is 269 cm³/mol. The summed E-state index contributed by atoms with van der Waals surface area (Å²) in [5.74, 6) is -1.82. The van der Waals surface area contributed by atoms with Crippen LogP contribution >= 0.6 is 11.8 Å². The second-order valence-electron chi connectivity index (χ2n) is 18.2. The fourth-order valence-corrected chi connectivity index (χ4v) is 10.7. The fraction of sp³-hybridized carbons (Fsp3) is 0.308. The Labute approximate surface area is 394 Å². The second-order valence-corrected chi connectivity index (χ2v) is 19.5. The molecule has 0 bridgehead atoms. The van der Waals surface area contributed by atoms with E-state index >= 15 is 0 Å². The maximum absolute atomic E-state index is 15.0. The molecule has 0 radical (unpaired) electrons. The number of anilines is 2. The number of aromatic amines is 2. The van der Waals surface area contributed by atoms with Crippen molar-refractivity contribution in [3.63, 3.8) is 0 Å². The van der Waals surface area contributed by atoms with E-state index in [1.165, 1.54) is 21.6 Å². The molecule has 14 nitrogen and oxygen atoms in total. The first kappa shape index (κ1) is 47.3. The summed E-state index contributed by atoms with van der Waals surface area (Å²) >= 11 is 1.46. The van der Waals surface area contributed by atoms with Crippen molar-refractivity contribution in [2.24, 2.45) is 34.4 Å². The molecule has 0 spiro atoms. The van der Waals surface area contributed by atoms with Crippen LogP contribution in [0.4, 0.5) is 11.4 Å². The molecule has 2 unspecified atom stereocenters. The highest BCUT2D eigenvalue weighted by molar-refractivity contribution is 8.00. The highest BCUT2D eigenvalue weighted by Crippen LogP contribution is 2.53. The zero-order chi connectivity index (χ0) is 47.6. The summed E-state index contributed by atoms with van der Waals surface area (Å²) in [5.41, 5.74) is 42.5. The Kier molecular flexibility index (Phi) is 13.8. The molecule has 4 heterocycles. The number of fused-ring (bicyclic) bond motifs is 4. The average molecular weight is 921 g/mol. The highest BCUT2D eigenvalue weighted by Gasteiger charge is 2.45. The number of hydrogen-bond acceptors (Lipinski definition) is 11. The van der Waals surface area contributed by atoms with Crippen molar-refractivity contribution in [1.82, 2.24) is 9.97 Å². The minimum Gasteiger partial charge on any atom is -0.361 e. The molecule has 4 aromatic carbocycles. The molecule has 67 heavy (non-hydrogen) atoms. The number of carbonyl (C=O) groups is 4. The Hall–Kier alpha value is -6.17. The first-order chi connectivity index (χ1) is 32.1. The standard InChI is InChI=1S/C52H60N10O4S/c1-51(57,21-11-23-53)49(65)61-41-19-9-5-15-35(41)45(27-43(61)47(63)37(55)25-31-29-59-39-17-7-3-13-33(31)39)67-46-28-44(48(64)38(56)26-32-30-60-40-18-8-4-14-34(32)40)62(42-20-10-6-16-36(42)46)50(66)52(2,58)22-12-24-54/h3-10,13-20,27-30,37-38,45-46,59-60H,11-12,21-26,53-58H2,1-2H3/t37-,38-,45?,46?,51-,52-/m0/s1. The molecule has 6 aromatic rings. The molecule has 15 heteroatoms. The number of thioether (sulfide) groups is 1. The van der Waals surface area contributed by atoms with Crippen LogP contribution < -0.4 is 44.2 Å². The summed E-state index contributed by atoms with van der Waals surface area (Å²) in [6.07, 6.45) is 9.23. The molecule has 0 saturated heterocycles. The van der Waals surface area contributed by atoms with Gasteiger partial charge in [-0.15, -0.1) is 11.8 Å². The molecule has 0 fully saturated rings. The molecule has 0 aliphatic carbocycles. The van der Waals surface area contributed by atoms with Gasteiger partial charge < -0.3 is 44.4 Å². The van der Waals surface area contributed by atoms with Gasteiger partial charge in [0.05, 0.1) is 56.4 Å². The summed E-state index contributed by atoms with van der Waals surface area (Å²) < 4.78 is 0. The number of rotatable bonds is 18. The number of hydrogen-bond donors (Lipinski definition) is 8. The van der Waals surface area contributed by atoms with Gasteiger partial charge in [0.2, 0.25) is 0 Å². The predicted octanol–water partition coefficient (Wildman–Crippen LogP) is 5.82. The van der Waals surface area contributed by atoms with Gasteiger partial charge in [-0.1, -0.05) is 72.8 Å². The highest BCUT2D eigenvalue weighted by atomic mass is 32.2. The number of nitrogens with two attached hydrogens (primary N) is 6. The van der Waals surface area contributed by atoms with E-state index in [2.05, 4.69) is 9.97 Å². The van der Waals surface area contributed by atoms with Crippen LogP contribution in [0.3, 0.4) is 0 Å². The fourth-order valence-electron chi connectivity index (χ4n) is 9.25. The number of benzene rings is 4. The third-order valence-electron chi connectivity index (χ3n) is 13.0. The third kappa shape index (κ3) is 9.41. The third-order valence-corrected chi connectivity index (χ3v) is 14.3. The molecule has 2 aliphatic rings. The molecule has 2 aromatic heterocycles. The van der Waals surface area contributed by atoms with Crippen LogP contribution in [0.2, 0.25) is 0 Å². The van der Waals surface area contributed by atoms with Crippen LogP contribution in [-0.4, -0.2) is 69.6 Å². The normalized spacial score (nSPS) is 18.6. The number of para-hydroxylation sites is 4. The smallest absolute Gasteiger partial charge is 0.251 e. The van der Waals surface area contributed by atoms with E-state index in [1.807, 2.05) is 97.3 Å². The zero-order valence-electron chi connectivity index (χ0n) is 37.9. The summed E-state index contributed by atoms with van der Waals surface area (Å²) in [5, 5.41) is 0.763. The maximum atomic E-state index is 15.0. The Morgan fingerprint density at radius 1 is 0.597 bits per heavy atom. The van der Waals surface area contributed by atoms with Gasteiger partial charge in [0.15, 0.2) is 11.6 Å². The van der Waals surface area contributed by atoms with Crippen molar-refractivity contribution in [2.75, 3.05) is 22.9 Å². The quantitative estimate of drug-likeness (QED) is 0.0510. The molecule has 2 aliphatic heterocycles. The molecule has 0 saturated carbocycles. The summed E-state index contributed by atoms with van der Waals surface area (Å²) in [4.78, 5) is 68.9. The maximum Gasteiger partial charge on any atom is 0.251 e. The molecule has 6 atom stereocenters. The van der Waals surface area contributed by atoms with E-state index in [0.717, 1.165) is 44.1 Å². The number of H-pyrrole nitrogens is 2. The van der Waals surface area contributed by atoms with Gasteiger partial charge in [-0.05, 0) is 124 Å². The first-order valence-corrected chi connectivity index (χ1v) is 23.7. The lowest BCUT2D eigenvalue weighted by atomic mass is 9.90. The van der Waals surface area contributed by atoms with Crippen LogP contribution in [0.5, 0.6) is 0 Å². The minimum atomic E-state index is -1.38. The van der Waals surface area contributed by atoms with Crippen molar-refractivity contribution in [1.29, 1.82) is 0 Å². The first-order valence-electron chi connectivity index (χ1n) is 22.8. The molecule has 8 rings (SSSR count). The van der Waals surface area contributed by atoms with E-state index in [4.69, 9.17) is 34.4 Å². The summed E-state index contributed by atoms with van der Waals surface area (Å²) in [7, 11) is 0. The number of aromatic nitrogens is 2. The van der Waals surface area contributed by atoms with E-state index < -0.39 is 57.0 Å². The number of carbonyl (C=O) groups excluding carboxylic acids is 4. The number of Topliss-reactive ketones (excluding diaryl/α,β-unsaturated/α-hetero) is 2. The number of nitrogens with one attached hydrogen (secondary N) is 2. The van der Waals surface area contributed by atoms with Crippen LogP contribution in [0.15, 0.2) is 133 Å². The van der Waals surface area contributed by atoms with Crippen molar-refractivity contribution in [3.8, 4) is 0 Å². The number of ketones is 2. The van der Waals surface area contributed by atoms with Gasteiger partial charge in [-0.3, -0.25) is 29.0 Å². The lowest BCUT2D eigenvalue weighted by Crippen LogP contribution is -2.56. The molecule has 14 N–H and O–H groups in total.